The van der Waals surface area contributed by atoms with Crippen molar-refractivity contribution < 1.29 is 4.79 Å². The van der Waals surface area contributed by atoms with Crippen molar-refractivity contribution in [2.24, 2.45) is 0 Å². The maximum absolute atomic E-state index is 11.3. The van der Waals surface area contributed by atoms with Crippen LogP contribution in [0, 0.1) is 11.3 Å². The minimum Gasteiger partial charge on any atom is -0.324 e. The molecule has 1 aliphatic rings. The van der Waals surface area contributed by atoms with Crippen molar-refractivity contribution in [2.45, 2.75) is 32.7 Å². The van der Waals surface area contributed by atoms with Gasteiger partial charge in [0.1, 0.15) is 6.07 Å². The second-order valence-corrected chi connectivity index (χ2v) is 3.51. The SMILES string of the molecule is CC(=O)c1nc(C#N)c2n1CCCC2. The van der Waals surface area contributed by atoms with Crippen molar-refractivity contribution in [3.63, 3.8) is 0 Å². The van der Waals surface area contributed by atoms with Crippen LogP contribution in [-0.2, 0) is 13.0 Å². The summed E-state index contributed by atoms with van der Waals surface area (Å²) < 4.78 is 1.89. The third-order valence-corrected chi connectivity index (χ3v) is 2.54. The second-order valence-electron chi connectivity index (χ2n) is 3.51. The van der Waals surface area contributed by atoms with Gasteiger partial charge in [0.15, 0.2) is 17.3 Å². The number of hydrogen-bond donors (Lipinski definition) is 0. The molecule has 0 spiro atoms. The first-order valence-electron chi connectivity index (χ1n) is 4.74. The summed E-state index contributed by atoms with van der Waals surface area (Å²) in [6, 6.07) is 2.05. The Morgan fingerprint density at radius 1 is 1.57 bits per heavy atom. The molecule has 0 saturated carbocycles. The van der Waals surface area contributed by atoms with Gasteiger partial charge in [-0.25, -0.2) is 4.98 Å². The number of hydrogen-bond acceptors (Lipinski definition) is 3. The van der Waals surface area contributed by atoms with Gasteiger partial charge in [0.05, 0.1) is 5.69 Å². The van der Waals surface area contributed by atoms with Crippen LogP contribution in [0.2, 0.25) is 0 Å². The van der Waals surface area contributed by atoms with Crippen LogP contribution < -0.4 is 0 Å². The Hall–Kier alpha value is -1.63. The first kappa shape index (κ1) is 8.95. The smallest absolute Gasteiger partial charge is 0.195 e. The predicted octanol–water partition coefficient (Wildman–Crippen LogP) is 1.29. The topological polar surface area (TPSA) is 58.7 Å². The number of ketones is 1. The molecule has 0 fully saturated rings. The highest BCUT2D eigenvalue weighted by molar-refractivity contribution is 5.91. The third-order valence-electron chi connectivity index (χ3n) is 2.54. The van der Waals surface area contributed by atoms with E-state index in [1.54, 1.807) is 0 Å². The van der Waals surface area contributed by atoms with E-state index < -0.39 is 0 Å². The molecule has 72 valence electrons. The molecular weight excluding hydrogens is 178 g/mol. The van der Waals surface area contributed by atoms with Crippen molar-refractivity contribution in [3.8, 4) is 6.07 Å². The summed E-state index contributed by atoms with van der Waals surface area (Å²) in [6.45, 7) is 2.31. The van der Waals surface area contributed by atoms with Crippen LogP contribution in [0.25, 0.3) is 0 Å². The number of aromatic nitrogens is 2. The standard InChI is InChI=1S/C10H11N3O/c1-7(14)10-12-8(6-11)9-4-2-3-5-13(9)10/h2-5H2,1H3. The summed E-state index contributed by atoms with van der Waals surface area (Å²) in [7, 11) is 0. The predicted molar refractivity (Wildman–Crippen MR) is 49.9 cm³/mol. The van der Waals surface area contributed by atoms with Crippen molar-refractivity contribution >= 4 is 5.78 Å². The summed E-state index contributed by atoms with van der Waals surface area (Å²) in [5, 5.41) is 8.85. The average molecular weight is 189 g/mol. The van der Waals surface area contributed by atoms with E-state index in [9.17, 15) is 4.79 Å². The number of nitrogens with zero attached hydrogens (tertiary/aromatic N) is 3. The Morgan fingerprint density at radius 2 is 2.36 bits per heavy atom. The molecule has 0 bridgehead atoms. The molecule has 0 unspecified atom stereocenters. The molecule has 0 aromatic carbocycles. The van der Waals surface area contributed by atoms with Crippen molar-refractivity contribution in [3.05, 3.63) is 17.2 Å². The molecule has 0 saturated heterocycles. The fraction of sp³-hybridized carbons (Fsp3) is 0.500. The number of nitriles is 1. The fourth-order valence-electron chi connectivity index (χ4n) is 1.90. The number of carbonyl (C=O) groups excluding carboxylic acids is 1. The first-order chi connectivity index (χ1) is 6.74. The second kappa shape index (κ2) is 3.26. The molecule has 4 nitrogen and oxygen atoms in total. The van der Waals surface area contributed by atoms with Gasteiger partial charge in [0, 0.05) is 13.5 Å². The van der Waals surface area contributed by atoms with E-state index in [1.807, 2.05) is 10.6 Å². The van der Waals surface area contributed by atoms with Crippen molar-refractivity contribution in [1.82, 2.24) is 9.55 Å². The van der Waals surface area contributed by atoms with E-state index in [4.69, 9.17) is 5.26 Å². The molecule has 0 radical (unpaired) electrons. The molecule has 1 aromatic heterocycles. The third kappa shape index (κ3) is 1.22. The maximum Gasteiger partial charge on any atom is 0.195 e. The minimum atomic E-state index is -0.0605. The van der Waals surface area contributed by atoms with Crippen LogP contribution in [-0.4, -0.2) is 15.3 Å². The zero-order valence-electron chi connectivity index (χ0n) is 8.08. The lowest BCUT2D eigenvalue weighted by molar-refractivity contribution is 0.0998. The zero-order chi connectivity index (χ0) is 10.1. The van der Waals surface area contributed by atoms with Gasteiger partial charge < -0.3 is 4.57 Å². The van der Waals surface area contributed by atoms with Gasteiger partial charge in [-0.05, 0) is 19.3 Å². The number of rotatable bonds is 1. The van der Waals surface area contributed by atoms with E-state index in [2.05, 4.69) is 4.98 Å². The molecule has 4 heteroatoms. The Labute approximate surface area is 82.2 Å². The number of imidazole rings is 1. The highest BCUT2D eigenvalue weighted by Crippen LogP contribution is 2.20. The van der Waals surface area contributed by atoms with E-state index in [1.165, 1.54) is 6.92 Å². The van der Waals surface area contributed by atoms with Gasteiger partial charge in [0.25, 0.3) is 0 Å². The van der Waals surface area contributed by atoms with Crippen LogP contribution in [0.15, 0.2) is 0 Å². The zero-order valence-corrected chi connectivity index (χ0v) is 8.08. The van der Waals surface area contributed by atoms with E-state index in [0.29, 0.717) is 11.5 Å². The van der Waals surface area contributed by atoms with Crippen LogP contribution >= 0.6 is 0 Å². The molecule has 0 atom stereocenters. The monoisotopic (exact) mass is 189 g/mol. The molecule has 0 N–H and O–H groups in total. The van der Waals surface area contributed by atoms with Gasteiger partial charge in [-0.2, -0.15) is 5.26 Å². The van der Waals surface area contributed by atoms with Crippen LogP contribution in [0.3, 0.4) is 0 Å². The van der Waals surface area contributed by atoms with E-state index in [0.717, 1.165) is 31.5 Å². The Balaban J connectivity index is 2.59. The average Bonchev–Trinajstić information content (AvgIpc) is 2.56. The number of carbonyl (C=O) groups is 1. The summed E-state index contributed by atoms with van der Waals surface area (Å²) in [5.41, 5.74) is 1.36. The number of fused-ring (bicyclic) bond motifs is 1. The van der Waals surface area contributed by atoms with Gasteiger partial charge in [-0.1, -0.05) is 0 Å². The first-order valence-corrected chi connectivity index (χ1v) is 4.74. The highest BCUT2D eigenvalue weighted by atomic mass is 16.1. The molecule has 0 amide bonds. The summed E-state index contributed by atoms with van der Waals surface area (Å²) in [5.74, 6) is 0.380. The Morgan fingerprint density at radius 3 is 3.00 bits per heavy atom. The molecular formula is C10H11N3O. The summed E-state index contributed by atoms with van der Waals surface area (Å²) >= 11 is 0. The van der Waals surface area contributed by atoms with Crippen LogP contribution in [0.1, 0.15) is 41.8 Å². The molecule has 2 rings (SSSR count). The lowest BCUT2D eigenvalue weighted by Gasteiger charge is -2.15. The molecule has 1 aliphatic heterocycles. The quantitative estimate of drug-likeness (QED) is 0.625. The highest BCUT2D eigenvalue weighted by Gasteiger charge is 2.21. The Bertz CT molecular complexity index is 425. The van der Waals surface area contributed by atoms with Crippen LogP contribution in [0.5, 0.6) is 0 Å². The Kier molecular flexibility index (Phi) is 2.08. The summed E-state index contributed by atoms with van der Waals surface area (Å²) in [6.07, 6.45) is 3.01. The molecule has 0 aliphatic carbocycles. The van der Waals surface area contributed by atoms with Gasteiger partial charge >= 0.3 is 0 Å². The largest absolute Gasteiger partial charge is 0.324 e. The van der Waals surface area contributed by atoms with E-state index >= 15 is 0 Å². The lowest BCUT2D eigenvalue weighted by Crippen LogP contribution is -2.15. The molecule has 14 heavy (non-hydrogen) atoms. The van der Waals surface area contributed by atoms with Gasteiger partial charge in [-0.3, -0.25) is 4.79 Å². The lowest BCUT2D eigenvalue weighted by atomic mass is 10.1. The van der Waals surface area contributed by atoms with Gasteiger partial charge in [-0.15, -0.1) is 0 Å². The van der Waals surface area contributed by atoms with Gasteiger partial charge in [0.2, 0.25) is 0 Å². The van der Waals surface area contributed by atoms with Crippen molar-refractivity contribution in [1.29, 1.82) is 5.26 Å². The van der Waals surface area contributed by atoms with E-state index in [-0.39, 0.29) is 5.78 Å². The van der Waals surface area contributed by atoms with Crippen molar-refractivity contribution in [2.75, 3.05) is 0 Å². The fourth-order valence-corrected chi connectivity index (χ4v) is 1.90. The molecule has 1 aromatic rings. The molecule has 2 heterocycles. The minimum absolute atomic E-state index is 0.0605. The summed E-state index contributed by atoms with van der Waals surface area (Å²) in [4.78, 5) is 15.3. The number of Topliss-reactive ketones (excluding diaryl/α,β-unsaturated/α-hetero) is 1. The normalized spacial score (nSPS) is 14.6. The van der Waals surface area contributed by atoms with Crippen LogP contribution in [0.4, 0.5) is 0 Å². The maximum atomic E-state index is 11.3.